The molecule has 104 valence electrons. The third-order valence-electron chi connectivity index (χ3n) is 4.40. The van der Waals surface area contributed by atoms with Crippen molar-refractivity contribution < 1.29 is 4.79 Å². The van der Waals surface area contributed by atoms with Gasteiger partial charge >= 0.3 is 0 Å². The van der Waals surface area contributed by atoms with Crippen LogP contribution in [0, 0.1) is 5.41 Å². The van der Waals surface area contributed by atoms with E-state index in [2.05, 4.69) is 35.6 Å². The smallest absolute Gasteiger partial charge is 0.226 e. The molecule has 2 aromatic carbocycles. The van der Waals surface area contributed by atoms with E-state index in [0.29, 0.717) is 6.54 Å². The Morgan fingerprint density at radius 1 is 1.20 bits per heavy atom. The maximum absolute atomic E-state index is 12.1. The van der Waals surface area contributed by atoms with Crippen LogP contribution in [0.2, 0.25) is 0 Å². The zero-order valence-corrected chi connectivity index (χ0v) is 12.0. The molecule has 1 unspecified atom stereocenters. The lowest BCUT2D eigenvalue weighted by atomic mass is 9.86. The third-order valence-corrected chi connectivity index (χ3v) is 4.40. The van der Waals surface area contributed by atoms with Gasteiger partial charge < -0.3 is 11.1 Å². The zero-order valence-electron chi connectivity index (χ0n) is 12.0. The van der Waals surface area contributed by atoms with Crippen molar-refractivity contribution in [2.75, 3.05) is 7.05 Å². The van der Waals surface area contributed by atoms with Crippen LogP contribution in [0.1, 0.15) is 23.6 Å². The highest BCUT2D eigenvalue weighted by Gasteiger charge is 2.38. The van der Waals surface area contributed by atoms with E-state index in [1.165, 1.54) is 21.9 Å². The summed E-state index contributed by atoms with van der Waals surface area (Å²) in [5.74, 6) is 0.125. The number of hydrogen-bond acceptors (Lipinski definition) is 2. The molecular formula is C17H20N2O. The molecule has 0 aliphatic heterocycles. The highest BCUT2D eigenvalue weighted by molar-refractivity contribution is 5.88. The molecule has 1 amide bonds. The summed E-state index contributed by atoms with van der Waals surface area (Å²) in [7, 11) is 1.71. The van der Waals surface area contributed by atoms with Crippen molar-refractivity contribution in [1.82, 2.24) is 5.32 Å². The van der Waals surface area contributed by atoms with Gasteiger partial charge in [-0.15, -0.1) is 0 Å². The van der Waals surface area contributed by atoms with Gasteiger partial charge in [0.05, 0.1) is 5.41 Å². The van der Waals surface area contributed by atoms with Crippen molar-refractivity contribution >= 4 is 16.7 Å². The van der Waals surface area contributed by atoms with Crippen LogP contribution in [0.4, 0.5) is 0 Å². The SMILES string of the molecule is CNC(=O)C1(C)Cc2cc3ccc(CN)cc3cc2C1. The highest BCUT2D eigenvalue weighted by Crippen LogP contribution is 2.38. The molecule has 3 rings (SSSR count). The van der Waals surface area contributed by atoms with Gasteiger partial charge in [0.25, 0.3) is 0 Å². The molecule has 0 saturated carbocycles. The molecule has 0 aromatic heterocycles. The van der Waals surface area contributed by atoms with Gasteiger partial charge in [-0.05, 0) is 46.4 Å². The normalized spacial score (nSPS) is 20.9. The lowest BCUT2D eigenvalue weighted by Crippen LogP contribution is -2.37. The molecule has 3 heteroatoms. The van der Waals surface area contributed by atoms with Crippen LogP contribution in [0.3, 0.4) is 0 Å². The quantitative estimate of drug-likeness (QED) is 0.877. The largest absolute Gasteiger partial charge is 0.359 e. The molecule has 0 bridgehead atoms. The maximum Gasteiger partial charge on any atom is 0.226 e. The number of nitrogens with one attached hydrogen (secondary N) is 1. The lowest BCUT2D eigenvalue weighted by Gasteiger charge is -2.20. The number of amides is 1. The molecule has 0 heterocycles. The van der Waals surface area contributed by atoms with E-state index in [9.17, 15) is 4.79 Å². The minimum absolute atomic E-state index is 0.125. The van der Waals surface area contributed by atoms with Crippen molar-refractivity contribution in [1.29, 1.82) is 0 Å². The van der Waals surface area contributed by atoms with Crippen LogP contribution in [0.15, 0.2) is 30.3 Å². The average Bonchev–Trinajstić information content (AvgIpc) is 2.79. The predicted molar refractivity (Wildman–Crippen MR) is 81.4 cm³/mol. The van der Waals surface area contributed by atoms with Crippen molar-refractivity contribution in [2.45, 2.75) is 26.3 Å². The molecule has 0 fully saturated rings. The Morgan fingerprint density at radius 2 is 1.85 bits per heavy atom. The molecule has 0 radical (unpaired) electrons. The number of carbonyl (C=O) groups excluding carboxylic acids is 1. The van der Waals surface area contributed by atoms with Crippen LogP contribution in [-0.2, 0) is 24.2 Å². The molecule has 1 aliphatic rings. The van der Waals surface area contributed by atoms with Crippen LogP contribution < -0.4 is 11.1 Å². The van der Waals surface area contributed by atoms with Gasteiger partial charge in [-0.1, -0.05) is 31.2 Å². The third kappa shape index (κ3) is 1.98. The lowest BCUT2D eigenvalue weighted by molar-refractivity contribution is -0.129. The molecule has 3 N–H and O–H groups in total. The average molecular weight is 268 g/mol. The minimum atomic E-state index is -0.314. The number of benzene rings is 2. The second-order valence-electron chi connectivity index (χ2n) is 6.00. The molecule has 0 saturated heterocycles. The van der Waals surface area contributed by atoms with Gasteiger partial charge in [0, 0.05) is 13.6 Å². The fourth-order valence-corrected chi connectivity index (χ4v) is 3.26. The monoisotopic (exact) mass is 268 g/mol. The standard InChI is InChI=1S/C17H20N2O/c1-17(16(20)19-2)8-14-6-12-4-3-11(10-18)5-13(12)7-15(14)9-17/h3-7H,8-10,18H2,1-2H3,(H,19,20). The zero-order chi connectivity index (χ0) is 14.3. The summed E-state index contributed by atoms with van der Waals surface area (Å²) in [6, 6.07) is 10.8. The summed E-state index contributed by atoms with van der Waals surface area (Å²) in [6.45, 7) is 2.60. The Bertz CT molecular complexity index is 693. The molecule has 1 atom stereocenters. The number of rotatable bonds is 2. The first-order valence-electron chi connectivity index (χ1n) is 7.02. The van der Waals surface area contributed by atoms with Gasteiger partial charge in [-0.2, -0.15) is 0 Å². The Morgan fingerprint density at radius 3 is 2.45 bits per heavy atom. The number of hydrogen-bond donors (Lipinski definition) is 2. The van der Waals surface area contributed by atoms with Gasteiger partial charge in [-0.3, -0.25) is 4.79 Å². The van der Waals surface area contributed by atoms with Gasteiger partial charge in [0.2, 0.25) is 5.91 Å². The molecule has 1 aliphatic carbocycles. The van der Waals surface area contributed by atoms with E-state index in [1.54, 1.807) is 7.05 Å². The van der Waals surface area contributed by atoms with E-state index < -0.39 is 0 Å². The minimum Gasteiger partial charge on any atom is -0.359 e. The van der Waals surface area contributed by atoms with E-state index in [1.807, 2.05) is 6.92 Å². The second-order valence-corrected chi connectivity index (χ2v) is 6.00. The number of carbonyl (C=O) groups is 1. The predicted octanol–water partition coefficient (Wildman–Crippen LogP) is 2.15. The maximum atomic E-state index is 12.1. The Balaban J connectivity index is 2.06. The van der Waals surface area contributed by atoms with Gasteiger partial charge in [-0.25, -0.2) is 0 Å². The van der Waals surface area contributed by atoms with E-state index >= 15 is 0 Å². The van der Waals surface area contributed by atoms with Crippen molar-refractivity contribution in [3.63, 3.8) is 0 Å². The summed E-state index contributed by atoms with van der Waals surface area (Å²) in [4.78, 5) is 12.1. The van der Waals surface area contributed by atoms with Crippen LogP contribution in [0.25, 0.3) is 10.8 Å². The van der Waals surface area contributed by atoms with Crippen LogP contribution in [-0.4, -0.2) is 13.0 Å². The van der Waals surface area contributed by atoms with E-state index in [0.717, 1.165) is 18.4 Å². The topological polar surface area (TPSA) is 55.1 Å². The summed E-state index contributed by atoms with van der Waals surface area (Å²) in [6.07, 6.45) is 1.63. The summed E-state index contributed by atoms with van der Waals surface area (Å²) < 4.78 is 0. The first-order chi connectivity index (χ1) is 9.55. The van der Waals surface area contributed by atoms with Crippen LogP contribution in [0.5, 0.6) is 0 Å². The summed E-state index contributed by atoms with van der Waals surface area (Å²) >= 11 is 0. The Kier molecular flexibility index (Phi) is 3.02. The first kappa shape index (κ1) is 13.1. The van der Waals surface area contributed by atoms with Gasteiger partial charge in [0.15, 0.2) is 0 Å². The van der Waals surface area contributed by atoms with Crippen molar-refractivity contribution in [3.8, 4) is 0 Å². The fraction of sp³-hybridized carbons (Fsp3) is 0.353. The number of nitrogens with two attached hydrogens (primary N) is 1. The molecule has 2 aromatic rings. The molecular weight excluding hydrogens is 248 g/mol. The van der Waals surface area contributed by atoms with Gasteiger partial charge in [0.1, 0.15) is 0 Å². The summed E-state index contributed by atoms with van der Waals surface area (Å²) in [5, 5.41) is 5.23. The number of fused-ring (bicyclic) bond motifs is 2. The summed E-state index contributed by atoms with van der Waals surface area (Å²) in [5.41, 5.74) is 9.12. The van der Waals surface area contributed by atoms with Crippen molar-refractivity contribution in [2.24, 2.45) is 11.1 Å². The molecule has 20 heavy (non-hydrogen) atoms. The fourth-order valence-electron chi connectivity index (χ4n) is 3.26. The second kappa shape index (κ2) is 4.60. The Labute approximate surface area is 119 Å². The first-order valence-corrected chi connectivity index (χ1v) is 7.02. The van der Waals surface area contributed by atoms with Crippen LogP contribution >= 0.6 is 0 Å². The van der Waals surface area contributed by atoms with Crippen molar-refractivity contribution in [3.05, 3.63) is 47.0 Å². The Hall–Kier alpha value is -1.87. The van der Waals surface area contributed by atoms with E-state index in [-0.39, 0.29) is 11.3 Å². The molecule has 3 nitrogen and oxygen atoms in total. The van der Waals surface area contributed by atoms with E-state index in [4.69, 9.17) is 5.73 Å². The highest BCUT2D eigenvalue weighted by atomic mass is 16.2. The molecule has 0 spiro atoms.